The molecule has 174 valence electrons. The fraction of sp³-hybridized carbons (Fsp3) is 0.370. The molecule has 4 rings (SSSR count). The lowest BCUT2D eigenvalue weighted by Crippen LogP contribution is -2.48. The second kappa shape index (κ2) is 10.9. The first-order valence-corrected chi connectivity index (χ1v) is 11.9. The van der Waals surface area contributed by atoms with Gasteiger partial charge in [0.2, 0.25) is 0 Å². The van der Waals surface area contributed by atoms with Crippen LogP contribution in [0.25, 0.3) is 0 Å². The number of rotatable bonds is 8. The van der Waals surface area contributed by atoms with Crippen LogP contribution in [0.5, 0.6) is 5.75 Å². The van der Waals surface area contributed by atoms with E-state index in [1.165, 1.54) is 5.56 Å². The Bertz CT molecular complexity index is 1060. The van der Waals surface area contributed by atoms with Gasteiger partial charge in [-0.3, -0.25) is 9.69 Å². The van der Waals surface area contributed by atoms with Gasteiger partial charge in [0, 0.05) is 49.7 Å². The Morgan fingerprint density at radius 3 is 2.52 bits per heavy atom. The highest BCUT2D eigenvalue weighted by Gasteiger charge is 2.24. The minimum Gasteiger partial charge on any atom is -0.493 e. The number of carbonyl (C=O) groups is 1. The molecule has 2 aromatic carbocycles. The highest BCUT2D eigenvalue weighted by molar-refractivity contribution is 6.30. The lowest BCUT2D eigenvalue weighted by atomic mass is 10.1. The van der Waals surface area contributed by atoms with Gasteiger partial charge < -0.3 is 14.1 Å². The zero-order valence-corrected chi connectivity index (χ0v) is 20.1. The number of nitrogens with zero attached hydrogens (tertiary/aromatic N) is 2. The van der Waals surface area contributed by atoms with Crippen LogP contribution in [-0.2, 0) is 13.0 Å². The first-order chi connectivity index (χ1) is 16.0. The van der Waals surface area contributed by atoms with Gasteiger partial charge in [0.1, 0.15) is 11.5 Å². The summed E-state index contributed by atoms with van der Waals surface area (Å²) in [5.74, 6) is 2.27. The Balaban J connectivity index is 1.35. The summed E-state index contributed by atoms with van der Waals surface area (Å²) in [6, 6.07) is 19.7. The number of amides is 1. The Morgan fingerprint density at radius 1 is 1.03 bits per heavy atom. The van der Waals surface area contributed by atoms with Crippen molar-refractivity contribution < 1.29 is 13.9 Å². The van der Waals surface area contributed by atoms with Gasteiger partial charge in [-0.2, -0.15) is 0 Å². The molecular weight excluding hydrogens is 436 g/mol. The second-order valence-corrected chi connectivity index (χ2v) is 9.39. The molecule has 0 atom stereocenters. The van der Waals surface area contributed by atoms with E-state index in [9.17, 15) is 4.79 Å². The molecule has 0 unspecified atom stereocenters. The molecular formula is C27H31ClN2O3. The van der Waals surface area contributed by atoms with Gasteiger partial charge in [-0.15, -0.1) is 0 Å². The summed E-state index contributed by atoms with van der Waals surface area (Å²) in [7, 11) is 0. The van der Waals surface area contributed by atoms with Gasteiger partial charge in [-0.25, -0.2) is 0 Å². The summed E-state index contributed by atoms with van der Waals surface area (Å²) in [5.41, 5.74) is 2.25. The van der Waals surface area contributed by atoms with E-state index < -0.39 is 0 Å². The van der Waals surface area contributed by atoms with E-state index in [4.69, 9.17) is 20.8 Å². The Labute approximate surface area is 200 Å². The Kier molecular flexibility index (Phi) is 7.73. The van der Waals surface area contributed by atoms with Crippen molar-refractivity contribution in [2.24, 2.45) is 5.92 Å². The van der Waals surface area contributed by atoms with Gasteiger partial charge in [0.05, 0.1) is 6.61 Å². The van der Waals surface area contributed by atoms with E-state index in [1.807, 2.05) is 35.2 Å². The first kappa shape index (κ1) is 23.4. The van der Waals surface area contributed by atoms with E-state index in [0.717, 1.165) is 36.7 Å². The van der Waals surface area contributed by atoms with Crippen LogP contribution in [-0.4, -0.2) is 48.5 Å². The maximum absolute atomic E-state index is 13.0. The van der Waals surface area contributed by atoms with Gasteiger partial charge >= 0.3 is 0 Å². The standard InChI is InChI=1S/C27H31ClN2O3/c1-20(2)19-32-25-10-8-23(28)16-22(25)17-24-9-11-26(33-24)27(31)30-14-12-29(13-15-30)18-21-6-4-3-5-7-21/h3-11,16,20H,12-15,17-19H2,1-2H3. The SMILES string of the molecule is CC(C)COc1ccc(Cl)cc1Cc1ccc(C(=O)N2CCN(Cc3ccccc3)CC2)o1. The van der Waals surface area contributed by atoms with Crippen molar-refractivity contribution in [1.82, 2.24) is 9.80 Å². The van der Waals surface area contributed by atoms with E-state index in [2.05, 4.69) is 43.0 Å². The van der Waals surface area contributed by atoms with Crippen LogP contribution in [0, 0.1) is 5.92 Å². The summed E-state index contributed by atoms with van der Waals surface area (Å²) >= 11 is 6.21. The predicted molar refractivity (Wildman–Crippen MR) is 131 cm³/mol. The number of piperazine rings is 1. The normalized spacial score (nSPS) is 14.6. The van der Waals surface area contributed by atoms with Crippen molar-refractivity contribution in [2.75, 3.05) is 32.8 Å². The summed E-state index contributed by atoms with van der Waals surface area (Å²) in [4.78, 5) is 17.3. The second-order valence-electron chi connectivity index (χ2n) is 8.95. The van der Waals surface area contributed by atoms with E-state index in [-0.39, 0.29) is 5.91 Å². The quantitative estimate of drug-likeness (QED) is 0.438. The number of ether oxygens (including phenoxy) is 1. The van der Waals surface area contributed by atoms with Crippen LogP contribution in [0.15, 0.2) is 65.1 Å². The smallest absolute Gasteiger partial charge is 0.289 e. The topological polar surface area (TPSA) is 45.9 Å². The van der Waals surface area contributed by atoms with Crippen LogP contribution in [0.2, 0.25) is 5.02 Å². The number of halogens is 1. The average Bonchev–Trinajstić information content (AvgIpc) is 3.28. The minimum absolute atomic E-state index is 0.0528. The fourth-order valence-electron chi connectivity index (χ4n) is 3.97. The first-order valence-electron chi connectivity index (χ1n) is 11.5. The highest BCUT2D eigenvalue weighted by atomic mass is 35.5. The molecule has 2 heterocycles. The molecule has 5 nitrogen and oxygen atoms in total. The lowest BCUT2D eigenvalue weighted by molar-refractivity contribution is 0.0596. The lowest BCUT2D eigenvalue weighted by Gasteiger charge is -2.34. The van der Waals surface area contributed by atoms with Crippen molar-refractivity contribution in [2.45, 2.75) is 26.8 Å². The number of hydrogen-bond donors (Lipinski definition) is 0. The zero-order chi connectivity index (χ0) is 23.2. The number of furan rings is 1. The molecule has 0 spiro atoms. The van der Waals surface area contributed by atoms with E-state index in [0.29, 0.717) is 42.8 Å². The molecule has 1 aliphatic rings. The maximum Gasteiger partial charge on any atom is 0.289 e. The third-order valence-electron chi connectivity index (χ3n) is 5.74. The molecule has 0 bridgehead atoms. The van der Waals surface area contributed by atoms with E-state index in [1.54, 1.807) is 6.07 Å². The Morgan fingerprint density at radius 2 is 1.79 bits per heavy atom. The molecule has 1 aliphatic heterocycles. The third-order valence-corrected chi connectivity index (χ3v) is 5.98. The molecule has 6 heteroatoms. The molecule has 1 saturated heterocycles. The molecule has 33 heavy (non-hydrogen) atoms. The van der Waals surface area contributed by atoms with Gasteiger partial charge in [-0.1, -0.05) is 55.8 Å². The Hall–Kier alpha value is -2.76. The largest absolute Gasteiger partial charge is 0.493 e. The monoisotopic (exact) mass is 466 g/mol. The van der Waals surface area contributed by atoms with Crippen molar-refractivity contribution in [3.8, 4) is 5.75 Å². The van der Waals surface area contributed by atoms with Gasteiger partial charge in [0.15, 0.2) is 5.76 Å². The minimum atomic E-state index is -0.0528. The molecule has 1 amide bonds. The highest BCUT2D eigenvalue weighted by Crippen LogP contribution is 2.27. The number of hydrogen-bond acceptors (Lipinski definition) is 4. The van der Waals surface area contributed by atoms with Crippen LogP contribution < -0.4 is 4.74 Å². The summed E-state index contributed by atoms with van der Waals surface area (Å²) in [6.45, 7) is 8.87. The van der Waals surface area contributed by atoms with Crippen LogP contribution in [0.3, 0.4) is 0 Å². The third kappa shape index (κ3) is 6.40. The van der Waals surface area contributed by atoms with Crippen LogP contribution in [0.1, 0.15) is 41.3 Å². The fourth-order valence-corrected chi connectivity index (χ4v) is 4.16. The van der Waals surface area contributed by atoms with Gasteiger partial charge in [0.25, 0.3) is 5.91 Å². The molecule has 3 aromatic rings. The predicted octanol–water partition coefficient (Wildman–Crippen LogP) is 5.52. The molecule has 0 saturated carbocycles. The zero-order valence-electron chi connectivity index (χ0n) is 19.3. The summed E-state index contributed by atoms with van der Waals surface area (Å²) in [5, 5.41) is 0.651. The molecule has 0 N–H and O–H groups in total. The molecule has 1 fully saturated rings. The van der Waals surface area contributed by atoms with Crippen molar-refractivity contribution in [3.05, 3.63) is 88.3 Å². The molecule has 0 radical (unpaired) electrons. The maximum atomic E-state index is 13.0. The van der Waals surface area contributed by atoms with Crippen LogP contribution >= 0.6 is 11.6 Å². The van der Waals surface area contributed by atoms with Crippen molar-refractivity contribution in [3.63, 3.8) is 0 Å². The van der Waals surface area contributed by atoms with Gasteiger partial charge in [-0.05, 0) is 41.8 Å². The summed E-state index contributed by atoms with van der Waals surface area (Å²) < 4.78 is 11.9. The van der Waals surface area contributed by atoms with Crippen LogP contribution in [0.4, 0.5) is 0 Å². The van der Waals surface area contributed by atoms with Crippen molar-refractivity contribution in [1.29, 1.82) is 0 Å². The number of carbonyl (C=O) groups excluding carboxylic acids is 1. The number of benzene rings is 2. The van der Waals surface area contributed by atoms with E-state index >= 15 is 0 Å². The van der Waals surface area contributed by atoms with Crippen molar-refractivity contribution >= 4 is 17.5 Å². The summed E-state index contributed by atoms with van der Waals surface area (Å²) in [6.07, 6.45) is 0.520. The molecule has 1 aromatic heterocycles. The molecule has 0 aliphatic carbocycles. The average molecular weight is 467 g/mol.